The lowest BCUT2D eigenvalue weighted by molar-refractivity contribution is -0.233. The third kappa shape index (κ3) is 3.06. The van der Waals surface area contributed by atoms with Crippen LogP contribution in [0.15, 0.2) is 35.3 Å². The zero-order valence-electron chi connectivity index (χ0n) is 9.57. The van der Waals surface area contributed by atoms with E-state index in [4.69, 9.17) is 0 Å². The first-order valence-corrected chi connectivity index (χ1v) is 5.16. The van der Waals surface area contributed by atoms with Gasteiger partial charge in [0.15, 0.2) is 0 Å². The summed E-state index contributed by atoms with van der Waals surface area (Å²) in [5.74, 6) is 0. The highest BCUT2D eigenvalue weighted by atomic mass is 19.4. The maximum Gasteiger partial charge on any atom is 0.426 e. The molecule has 1 aromatic carbocycles. The van der Waals surface area contributed by atoms with Crippen LogP contribution < -0.4 is 0 Å². The maximum absolute atomic E-state index is 12.9. The second-order valence-corrected chi connectivity index (χ2v) is 4.00. The van der Waals surface area contributed by atoms with Crippen LogP contribution in [0, 0.1) is 0 Å². The SMILES string of the molecule is CC(C)N=C[C@@](O)(c1ccccc1)C(F)(F)F. The fourth-order valence-corrected chi connectivity index (χ4v) is 1.26. The van der Waals surface area contributed by atoms with Gasteiger partial charge >= 0.3 is 6.18 Å². The van der Waals surface area contributed by atoms with Gasteiger partial charge in [-0.1, -0.05) is 30.3 Å². The first kappa shape index (κ1) is 13.7. The van der Waals surface area contributed by atoms with Gasteiger partial charge in [0.1, 0.15) is 0 Å². The molecule has 94 valence electrons. The maximum atomic E-state index is 12.9. The van der Waals surface area contributed by atoms with Crippen molar-refractivity contribution < 1.29 is 18.3 Å². The van der Waals surface area contributed by atoms with Crippen molar-refractivity contribution in [3.05, 3.63) is 35.9 Å². The van der Waals surface area contributed by atoms with Crippen LogP contribution in [-0.2, 0) is 5.60 Å². The van der Waals surface area contributed by atoms with E-state index < -0.39 is 11.8 Å². The molecule has 0 unspecified atom stereocenters. The number of nitrogens with zero attached hydrogens (tertiary/aromatic N) is 1. The minimum Gasteiger partial charge on any atom is -0.371 e. The largest absolute Gasteiger partial charge is 0.426 e. The molecule has 1 atom stereocenters. The summed E-state index contributed by atoms with van der Waals surface area (Å²) < 4.78 is 38.7. The first-order valence-electron chi connectivity index (χ1n) is 5.16. The minimum atomic E-state index is -4.80. The summed E-state index contributed by atoms with van der Waals surface area (Å²) in [6, 6.07) is 6.59. The number of aliphatic imine (C=N–C) groups is 1. The van der Waals surface area contributed by atoms with Crippen LogP contribution in [0.4, 0.5) is 13.2 Å². The van der Waals surface area contributed by atoms with E-state index in [1.807, 2.05) is 0 Å². The highest BCUT2D eigenvalue weighted by Gasteiger charge is 2.54. The average Bonchev–Trinajstić information content (AvgIpc) is 2.25. The molecular formula is C12H14F3NO. The first-order chi connectivity index (χ1) is 7.77. The summed E-state index contributed by atoms with van der Waals surface area (Å²) >= 11 is 0. The average molecular weight is 245 g/mol. The van der Waals surface area contributed by atoms with Crippen molar-refractivity contribution in [2.75, 3.05) is 0 Å². The molecule has 0 bridgehead atoms. The van der Waals surface area contributed by atoms with Crippen molar-refractivity contribution in [1.29, 1.82) is 0 Å². The van der Waals surface area contributed by atoms with Crippen molar-refractivity contribution in [2.45, 2.75) is 31.7 Å². The van der Waals surface area contributed by atoms with Gasteiger partial charge in [-0.25, -0.2) is 0 Å². The number of aliphatic hydroxyl groups is 1. The molecule has 0 fully saturated rings. The molecule has 0 aliphatic rings. The molecule has 5 heteroatoms. The van der Waals surface area contributed by atoms with E-state index in [0.29, 0.717) is 6.21 Å². The Balaban J connectivity index is 3.21. The Morgan fingerprint density at radius 1 is 1.18 bits per heavy atom. The number of alkyl halides is 3. The summed E-state index contributed by atoms with van der Waals surface area (Å²) in [5.41, 5.74) is -3.27. The van der Waals surface area contributed by atoms with Crippen molar-refractivity contribution >= 4 is 6.21 Å². The fourth-order valence-electron chi connectivity index (χ4n) is 1.26. The molecular weight excluding hydrogens is 231 g/mol. The number of hydrogen-bond donors (Lipinski definition) is 1. The molecule has 0 heterocycles. The highest BCUT2D eigenvalue weighted by Crippen LogP contribution is 2.37. The Bertz CT molecular complexity index is 386. The summed E-state index contributed by atoms with van der Waals surface area (Å²) in [5, 5.41) is 9.79. The number of halogens is 3. The van der Waals surface area contributed by atoms with E-state index in [1.54, 1.807) is 19.9 Å². The quantitative estimate of drug-likeness (QED) is 0.816. The third-order valence-electron chi connectivity index (χ3n) is 2.21. The number of rotatable bonds is 3. The van der Waals surface area contributed by atoms with Crippen LogP contribution in [0.5, 0.6) is 0 Å². The summed E-state index contributed by atoms with van der Waals surface area (Å²) in [6.07, 6.45) is -4.24. The van der Waals surface area contributed by atoms with Crippen molar-refractivity contribution in [3.63, 3.8) is 0 Å². The summed E-state index contributed by atoms with van der Waals surface area (Å²) in [7, 11) is 0. The molecule has 0 saturated carbocycles. The summed E-state index contributed by atoms with van der Waals surface area (Å²) in [6.45, 7) is 3.27. The summed E-state index contributed by atoms with van der Waals surface area (Å²) in [4.78, 5) is 3.64. The minimum absolute atomic E-state index is 0.239. The topological polar surface area (TPSA) is 32.6 Å². The zero-order chi connectivity index (χ0) is 13.1. The van der Waals surface area contributed by atoms with Crippen LogP contribution >= 0.6 is 0 Å². The van der Waals surface area contributed by atoms with Gasteiger partial charge in [0.05, 0.1) is 0 Å². The molecule has 0 amide bonds. The van der Waals surface area contributed by atoms with Crippen LogP contribution in [0.3, 0.4) is 0 Å². The Morgan fingerprint density at radius 2 is 1.71 bits per heavy atom. The van der Waals surface area contributed by atoms with E-state index in [1.165, 1.54) is 24.3 Å². The van der Waals surface area contributed by atoms with Gasteiger partial charge in [-0.05, 0) is 19.4 Å². The second-order valence-electron chi connectivity index (χ2n) is 4.00. The van der Waals surface area contributed by atoms with E-state index >= 15 is 0 Å². The monoisotopic (exact) mass is 245 g/mol. The molecule has 0 aliphatic heterocycles. The van der Waals surface area contributed by atoms with Crippen molar-refractivity contribution in [1.82, 2.24) is 0 Å². The van der Waals surface area contributed by atoms with Crippen LogP contribution in [-0.4, -0.2) is 23.5 Å². The van der Waals surface area contributed by atoms with Crippen LogP contribution in [0.25, 0.3) is 0 Å². The van der Waals surface area contributed by atoms with Gasteiger partial charge in [0.2, 0.25) is 5.60 Å². The van der Waals surface area contributed by atoms with Gasteiger partial charge < -0.3 is 5.11 Å². The van der Waals surface area contributed by atoms with E-state index in [9.17, 15) is 18.3 Å². The fraction of sp³-hybridized carbons (Fsp3) is 0.417. The smallest absolute Gasteiger partial charge is 0.371 e. The van der Waals surface area contributed by atoms with Crippen LogP contribution in [0.2, 0.25) is 0 Å². The van der Waals surface area contributed by atoms with Gasteiger partial charge in [0, 0.05) is 12.3 Å². The lowest BCUT2D eigenvalue weighted by Crippen LogP contribution is -2.44. The Morgan fingerprint density at radius 3 is 2.12 bits per heavy atom. The Hall–Kier alpha value is -1.36. The van der Waals surface area contributed by atoms with Crippen LogP contribution in [0.1, 0.15) is 19.4 Å². The molecule has 0 aliphatic carbocycles. The lowest BCUT2D eigenvalue weighted by Gasteiger charge is -2.27. The third-order valence-corrected chi connectivity index (χ3v) is 2.21. The zero-order valence-corrected chi connectivity index (χ0v) is 9.57. The number of hydrogen-bond acceptors (Lipinski definition) is 2. The molecule has 0 saturated heterocycles. The number of benzene rings is 1. The highest BCUT2D eigenvalue weighted by molar-refractivity contribution is 5.72. The Kier molecular flexibility index (Phi) is 3.93. The molecule has 1 rings (SSSR count). The van der Waals surface area contributed by atoms with E-state index in [-0.39, 0.29) is 11.6 Å². The standard InChI is InChI=1S/C12H14F3NO/c1-9(2)16-8-11(17,12(13,14)15)10-6-4-3-5-7-10/h3-9,17H,1-2H3/t11-/m1/s1. The molecule has 1 aromatic rings. The van der Waals surface area contributed by atoms with Gasteiger partial charge in [-0.2, -0.15) is 13.2 Å². The van der Waals surface area contributed by atoms with Gasteiger partial charge in [0.25, 0.3) is 0 Å². The molecule has 2 nitrogen and oxygen atoms in total. The Labute approximate surface area is 97.8 Å². The van der Waals surface area contributed by atoms with Gasteiger partial charge in [-0.3, -0.25) is 4.99 Å². The molecule has 0 radical (unpaired) electrons. The predicted molar refractivity (Wildman–Crippen MR) is 60.0 cm³/mol. The molecule has 17 heavy (non-hydrogen) atoms. The van der Waals surface area contributed by atoms with Crippen molar-refractivity contribution in [3.8, 4) is 0 Å². The normalized spacial score (nSPS) is 16.4. The van der Waals surface area contributed by atoms with E-state index in [0.717, 1.165) is 0 Å². The van der Waals surface area contributed by atoms with Crippen molar-refractivity contribution in [2.24, 2.45) is 4.99 Å². The predicted octanol–water partition coefficient (Wildman–Crippen LogP) is 2.92. The van der Waals surface area contributed by atoms with E-state index in [2.05, 4.69) is 4.99 Å². The lowest BCUT2D eigenvalue weighted by atomic mass is 9.94. The molecule has 1 N–H and O–H groups in total. The molecule has 0 spiro atoms. The van der Waals surface area contributed by atoms with Gasteiger partial charge in [-0.15, -0.1) is 0 Å². The second kappa shape index (κ2) is 4.87. The molecule has 0 aromatic heterocycles.